The van der Waals surface area contributed by atoms with Crippen LogP contribution in [-0.2, 0) is 20.5 Å². The third-order valence-corrected chi connectivity index (χ3v) is 11.8. The number of para-hydroxylation sites is 1. The van der Waals surface area contributed by atoms with Crippen molar-refractivity contribution in [2.75, 3.05) is 0 Å². The van der Waals surface area contributed by atoms with Crippen molar-refractivity contribution in [3.05, 3.63) is 150 Å². The maximum atomic E-state index is 2.52. The smallest absolute Gasteiger partial charge is 0.0495 e. The van der Waals surface area contributed by atoms with E-state index in [2.05, 4.69) is 177 Å². The van der Waals surface area contributed by atoms with Crippen molar-refractivity contribution < 1.29 is 0 Å². The molecule has 6 aromatic carbocycles. The summed E-state index contributed by atoms with van der Waals surface area (Å²) < 4.78 is 4.78. The van der Waals surface area contributed by atoms with E-state index >= 15 is 0 Å². The van der Waals surface area contributed by atoms with Crippen LogP contribution in [-0.4, -0.2) is 9.13 Å². The molecule has 2 aliphatic carbocycles. The Kier molecular flexibility index (Phi) is 6.42. The quantitative estimate of drug-likeness (QED) is 0.169. The summed E-state index contributed by atoms with van der Waals surface area (Å²) in [4.78, 5) is 0. The fourth-order valence-electron chi connectivity index (χ4n) is 9.40. The van der Waals surface area contributed by atoms with Crippen molar-refractivity contribution in [3.8, 4) is 22.3 Å². The topological polar surface area (TPSA) is 9.86 Å². The van der Waals surface area contributed by atoms with Gasteiger partial charge in [0, 0.05) is 64.0 Å². The van der Waals surface area contributed by atoms with Crippen LogP contribution in [0.3, 0.4) is 0 Å². The van der Waals surface area contributed by atoms with Gasteiger partial charge >= 0.3 is 0 Å². The average Bonchev–Trinajstić information content (AvgIpc) is 3.60. The zero-order valence-electron chi connectivity index (χ0n) is 29.1. The molecular formula is C48H40N2. The number of hydrogen-bond donors (Lipinski definition) is 0. The first kappa shape index (κ1) is 29.3. The van der Waals surface area contributed by atoms with Gasteiger partial charge in [-0.25, -0.2) is 0 Å². The van der Waals surface area contributed by atoms with Crippen molar-refractivity contribution in [2.24, 2.45) is 25.9 Å². The first-order chi connectivity index (χ1) is 24.5. The SMILES string of the molecule is CC1C=Cc2c(n(C)c3cccc(-c4cccc5c(C6C=CC=CC6C)c6cccc(-c7cccc8c7c7ccccc7n8C)c6cc45)c23)C1. The Bertz CT molecular complexity index is 2800. The highest BCUT2D eigenvalue weighted by Gasteiger charge is 2.26. The summed E-state index contributed by atoms with van der Waals surface area (Å²) in [5.74, 6) is 1.21. The van der Waals surface area contributed by atoms with Gasteiger partial charge in [-0.1, -0.05) is 129 Å². The molecule has 2 nitrogen and oxygen atoms in total. The minimum atomic E-state index is 0.273. The predicted molar refractivity (Wildman–Crippen MR) is 215 cm³/mol. The lowest BCUT2D eigenvalue weighted by Gasteiger charge is -2.26. The molecule has 10 rings (SSSR count). The number of aryl methyl sites for hydroxylation is 2. The van der Waals surface area contributed by atoms with Crippen LogP contribution in [0, 0.1) is 11.8 Å². The van der Waals surface area contributed by atoms with E-state index in [1.54, 1.807) is 0 Å². The summed E-state index contributed by atoms with van der Waals surface area (Å²) in [5, 5.41) is 9.31. The Balaban J connectivity index is 1.34. The van der Waals surface area contributed by atoms with Crippen molar-refractivity contribution >= 4 is 60.3 Å². The van der Waals surface area contributed by atoms with Crippen molar-refractivity contribution in [1.29, 1.82) is 0 Å². The molecule has 242 valence electrons. The molecule has 0 saturated heterocycles. The minimum absolute atomic E-state index is 0.273. The van der Waals surface area contributed by atoms with Crippen LogP contribution in [0.2, 0.25) is 0 Å². The van der Waals surface area contributed by atoms with Gasteiger partial charge in [0.05, 0.1) is 0 Å². The van der Waals surface area contributed by atoms with Crippen molar-refractivity contribution in [1.82, 2.24) is 9.13 Å². The highest BCUT2D eigenvalue weighted by atomic mass is 15.0. The molecule has 8 aromatic rings. The summed E-state index contributed by atoms with van der Waals surface area (Å²) in [7, 11) is 4.44. The molecule has 0 bridgehead atoms. The summed E-state index contributed by atoms with van der Waals surface area (Å²) in [6, 6.07) is 39.1. The molecule has 0 radical (unpaired) electrons. The van der Waals surface area contributed by atoms with E-state index in [1.165, 1.54) is 93.3 Å². The van der Waals surface area contributed by atoms with E-state index in [0.29, 0.717) is 11.8 Å². The maximum absolute atomic E-state index is 2.52. The second-order valence-electron chi connectivity index (χ2n) is 14.7. The van der Waals surface area contributed by atoms with Crippen molar-refractivity contribution in [2.45, 2.75) is 26.2 Å². The Hall–Kier alpha value is -5.60. The number of rotatable bonds is 3. The Morgan fingerprint density at radius 3 is 1.82 bits per heavy atom. The fourth-order valence-corrected chi connectivity index (χ4v) is 9.40. The molecule has 0 saturated carbocycles. The number of hydrogen-bond acceptors (Lipinski definition) is 0. The van der Waals surface area contributed by atoms with E-state index in [4.69, 9.17) is 0 Å². The van der Waals surface area contributed by atoms with Crippen LogP contribution in [0.5, 0.6) is 0 Å². The van der Waals surface area contributed by atoms with Gasteiger partial charge in [0.2, 0.25) is 0 Å². The molecule has 0 amide bonds. The molecule has 0 N–H and O–H groups in total. The molecular weight excluding hydrogens is 605 g/mol. The lowest BCUT2D eigenvalue weighted by molar-refractivity contribution is 0.643. The minimum Gasteiger partial charge on any atom is -0.347 e. The second kappa shape index (κ2) is 11.0. The predicted octanol–water partition coefficient (Wildman–Crippen LogP) is 12.5. The molecule has 2 aliphatic rings. The molecule has 3 unspecified atom stereocenters. The molecule has 0 fully saturated rings. The summed E-state index contributed by atoms with van der Waals surface area (Å²) in [6.07, 6.45) is 15.1. The lowest BCUT2D eigenvalue weighted by atomic mass is 9.78. The largest absolute Gasteiger partial charge is 0.347 e. The Morgan fingerprint density at radius 1 is 0.520 bits per heavy atom. The molecule has 0 aliphatic heterocycles. The van der Waals surface area contributed by atoms with Gasteiger partial charge in [0.25, 0.3) is 0 Å². The molecule has 0 spiro atoms. The first-order valence-corrected chi connectivity index (χ1v) is 18.1. The molecule has 3 atom stereocenters. The van der Waals surface area contributed by atoms with Gasteiger partial charge in [-0.05, 0) is 91.9 Å². The van der Waals surface area contributed by atoms with Crippen LogP contribution in [0.4, 0.5) is 0 Å². The number of nitrogens with zero attached hydrogens (tertiary/aromatic N) is 2. The van der Waals surface area contributed by atoms with E-state index in [9.17, 15) is 0 Å². The van der Waals surface area contributed by atoms with Gasteiger partial charge in [-0.3, -0.25) is 0 Å². The number of allylic oxidation sites excluding steroid dienone is 5. The van der Waals surface area contributed by atoms with Crippen LogP contribution >= 0.6 is 0 Å². The summed E-state index contributed by atoms with van der Waals surface area (Å²) >= 11 is 0. The number of benzene rings is 6. The van der Waals surface area contributed by atoms with Gasteiger partial charge in [0.1, 0.15) is 0 Å². The Labute approximate surface area is 293 Å². The first-order valence-electron chi connectivity index (χ1n) is 18.1. The maximum Gasteiger partial charge on any atom is 0.0495 e. The molecule has 50 heavy (non-hydrogen) atoms. The molecule has 2 heteroatoms. The zero-order chi connectivity index (χ0) is 33.7. The van der Waals surface area contributed by atoms with E-state index in [1.807, 2.05) is 0 Å². The molecule has 2 heterocycles. The van der Waals surface area contributed by atoms with E-state index in [-0.39, 0.29) is 5.92 Å². The van der Waals surface area contributed by atoms with Crippen LogP contribution < -0.4 is 0 Å². The third-order valence-electron chi connectivity index (χ3n) is 11.8. The van der Waals surface area contributed by atoms with Gasteiger partial charge in [-0.2, -0.15) is 0 Å². The zero-order valence-corrected chi connectivity index (χ0v) is 29.1. The van der Waals surface area contributed by atoms with Gasteiger partial charge in [-0.15, -0.1) is 0 Å². The number of fused-ring (bicyclic) bond motifs is 8. The second-order valence-corrected chi connectivity index (χ2v) is 14.7. The highest BCUT2D eigenvalue weighted by molar-refractivity contribution is 6.20. The van der Waals surface area contributed by atoms with E-state index < -0.39 is 0 Å². The van der Waals surface area contributed by atoms with Gasteiger partial charge < -0.3 is 9.13 Å². The fraction of sp³-hybridized carbons (Fsp3) is 0.167. The number of aromatic nitrogens is 2. The van der Waals surface area contributed by atoms with Gasteiger partial charge in [0.15, 0.2) is 0 Å². The third kappa shape index (κ3) is 4.08. The normalized spacial score (nSPS) is 18.7. The lowest BCUT2D eigenvalue weighted by Crippen LogP contribution is -2.09. The van der Waals surface area contributed by atoms with E-state index in [0.717, 1.165) is 6.42 Å². The van der Waals surface area contributed by atoms with Crippen molar-refractivity contribution in [3.63, 3.8) is 0 Å². The highest BCUT2D eigenvalue weighted by Crippen LogP contribution is 2.47. The Morgan fingerprint density at radius 2 is 1.10 bits per heavy atom. The molecule has 2 aromatic heterocycles. The van der Waals surface area contributed by atoms with Crippen LogP contribution in [0.15, 0.2) is 134 Å². The standard InChI is InChI=1S/C48H40N2/c1-29-25-26-39-45(27-29)50(4)44-24-12-21-35(48(39)44)33-17-10-19-37-41(33)28-40-32(16-9-18-36(40)46(37)31-14-6-5-13-30(31)2)34-20-11-23-43-47(34)38-15-7-8-22-42(38)49(43)3/h5-26,28-31H,27H2,1-4H3. The van der Waals surface area contributed by atoms with Crippen LogP contribution in [0.1, 0.15) is 36.6 Å². The summed E-state index contributed by atoms with van der Waals surface area (Å²) in [6.45, 7) is 4.69. The van der Waals surface area contributed by atoms with Crippen LogP contribution in [0.25, 0.3) is 82.6 Å². The monoisotopic (exact) mass is 644 g/mol. The average molecular weight is 645 g/mol. The summed E-state index contributed by atoms with van der Waals surface area (Å²) in [5.41, 5.74) is 13.3.